The smallest absolute Gasteiger partial charge is 0.279 e. The van der Waals surface area contributed by atoms with Crippen LogP contribution in [-0.4, -0.2) is 37.0 Å². The van der Waals surface area contributed by atoms with Gasteiger partial charge in [0, 0.05) is 0 Å². The van der Waals surface area contributed by atoms with Crippen LogP contribution in [0.5, 0.6) is 0 Å². The Morgan fingerprint density at radius 2 is 0.710 bits per heavy atom. The van der Waals surface area contributed by atoms with Crippen LogP contribution in [0.15, 0.2) is 0 Å². The molecule has 0 heterocycles. The maximum absolute atomic E-state index is 10.7. The minimum atomic E-state index is -5.84. The number of alkyl halides is 6. The van der Waals surface area contributed by atoms with Gasteiger partial charge in [-0.25, -0.2) is 0 Å². The Hall–Kier alpha value is 0.283. The van der Waals surface area contributed by atoms with Crippen LogP contribution in [0.25, 0.3) is 0 Å². The summed E-state index contributed by atoms with van der Waals surface area (Å²) in [6, 6.07) is 0. The van der Waals surface area contributed by atoms with Crippen LogP contribution in [0.3, 0.4) is 0 Å². The quantitative estimate of drug-likeness (QED) is 0.215. The van der Waals surface area contributed by atoms with Crippen molar-refractivity contribution in [3.8, 4) is 0 Å². The monoisotopic (exact) mass is 586 g/mol. The predicted octanol–water partition coefficient (Wildman–Crippen LogP) is 5.67. The zero-order chi connectivity index (χ0) is 24.6. The summed E-state index contributed by atoms with van der Waals surface area (Å²) in [5, 5.41) is 0. The van der Waals surface area contributed by atoms with E-state index >= 15 is 0 Å². The largest absolute Gasteiger partial charge is 2.00 e. The third-order valence-electron chi connectivity index (χ3n) is 4.50. The Morgan fingerprint density at radius 1 is 0.581 bits per heavy atom. The third-order valence-corrected chi connectivity index (χ3v) is 5.67. The van der Waals surface area contributed by atoms with Gasteiger partial charge in [0.05, 0.1) is 0 Å². The van der Waals surface area contributed by atoms with E-state index in [4.69, 9.17) is 25.9 Å². The van der Waals surface area contributed by atoms with Crippen molar-refractivity contribution in [2.24, 2.45) is 23.7 Å². The fourth-order valence-corrected chi connectivity index (χ4v) is 2.98. The maximum atomic E-state index is 10.7. The van der Waals surface area contributed by atoms with Crippen LogP contribution >= 0.6 is 0 Å². The summed E-state index contributed by atoms with van der Waals surface area (Å²) in [6.07, 6.45) is 8.84. The summed E-state index contributed by atoms with van der Waals surface area (Å²) < 4.78 is 115. The molecule has 4 unspecified atom stereocenters. The molecule has 0 aromatic heterocycles. The standard InChI is InChI=1S/2C7H14.2CHF3O3S.Zr/c2*1-6-3-4-7(2)5-6;2*2-1(3,4)8(5,6)7;/h2*6-7H,3-5H2,1-2H3;2*(H,5,6,7);/q;;;;+2. The molecule has 15 heteroatoms. The van der Waals surface area contributed by atoms with Gasteiger partial charge in [-0.05, 0) is 36.5 Å². The molecule has 0 amide bonds. The number of hydrogen-bond acceptors (Lipinski definition) is 4. The van der Waals surface area contributed by atoms with Gasteiger partial charge in [0.25, 0.3) is 0 Å². The van der Waals surface area contributed by atoms with E-state index in [1.165, 1.54) is 38.5 Å². The van der Waals surface area contributed by atoms with Crippen molar-refractivity contribution < 1.29 is 78.5 Å². The molecule has 2 rings (SSSR count). The SMILES string of the molecule is CC1CCC(C)C1.CC1CCC(C)C1.O=S(=O)(O)C(F)(F)F.O=S(=O)(O)C(F)(F)F.[Zr+2]. The van der Waals surface area contributed by atoms with Crippen LogP contribution in [-0.2, 0) is 46.4 Å². The average molecular weight is 588 g/mol. The molecule has 0 bridgehead atoms. The first-order chi connectivity index (χ1) is 13.1. The first-order valence-corrected chi connectivity index (χ1v) is 12.0. The number of hydrogen-bond donors (Lipinski definition) is 2. The van der Waals surface area contributed by atoms with Crippen molar-refractivity contribution in [1.82, 2.24) is 0 Å². The summed E-state index contributed by atoms with van der Waals surface area (Å²) in [7, 11) is -11.7. The fourth-order valence-electron chi connectivity index (χ4n) is 2.98. The Balaban J connectivity index is -0.000000334. The van der Waals surface area contributed by atoms with Gasteiger partial charge in [0.2, 0.25) is 0 Å². The fraction of sp³-hybridized carbons (Fsp3) is 1.00. The van der Waals surface area contributed by atoms with Gasteiger partial charge in [-0.15, -0.1) is 0 Å². The Morgan fingerprint density at radius 3 is 0.742 bits per heavy atom. The molecule has 2 aliphatic rings. The first-order valence-electron chi connectivity index (χ1n) is 9.15. The average Bonchev–Trinajstić information content (AvgIpc) is 3.04. The molecule has 31 heavy (non-hydrogen) atoms. The van der Waals surface area contributed by atoms with E-state index < -0.39 is 31.3 Å². The molecular formula is C16H30F6O6S2Zr+2. The summed E-state index contributed by atoms with van der Waals surface area (Å²) >= 11 is 0. The van der Waals surface area contributed by atoms with E-state index in [1.54, 1.807) is 0 Å². The second kappa shape index (κ2) is 14.5. The Labute approximate surface area is 199 Å². The third kappa shape index (κ3) is 18.4. The van der Waals surface area contributed by atoms with E-state index in [9.17, 15) is 26.3 Å². The molecule has 0 aromatic carbocycles. The minimum absolute atomic E-state index is 0. The molecule has 0 spiro atoms. The van der Waals surface area contributed by atoms with Crippen LogP contribution in [0, 0.1) is 23.7 Å². The second-order valence-corrected chi connectivity index (χ2v) is 10.7. The molecule has 186 valence electrons. The molecule has 2 saturated carbocycles. The molecule has 2 aliphatic carbocycles. The van der Waals surface area contributed by atoms with E-state index in [2.05, 4.69) is 27.7 Å². The van der Waals surface area contributed by atoms with Crippen molar-refractivity contribution in [2.45, 2.75) is 77.2 Å². The van der Waals surface area contributed by atoms with Crippen LogP contribution in [0.1, 0.15) is 66.2 Å². The molecule has 2 fully saturated rings. The van der Waals surface area contributed by atoms with Crippen molar-refractivity contribution in [1.29, 1.82) is 0 Å². The first kappa shape index (κ1) is 35.9. The van der Waals surface area contributed by atoms with Crippen LogP contribution in [0.2, 0.25) is 0 Å². The zero-order valence-electron chi connectivity index (χ0n) is 17.7. The number of rotatable bonds is 0. The van der Waals surface area contributed by atoms with E-state index in [0.717, 1.165) is 23.7 Å². The molecular weight excluding hydrogens is 558 g/mol. The molecule has 0 aromatic rings. The van der Waals surface area contributed by atoms with Crippen molar-refractivity contribution in [3.05, 3.63) is 0 Å². The van der Waals surface area contributed by atoms with Gasteiger partial charge in [0.1, 0.15) is 0 Å². The van der Waals surface area contributed by atoms with Crippen LogP contribution in [0.4, 0.5) is 26.3 Å². The van der Waals surface area contributed by atoms with Crippen molar-refractivity contribution in [2.75, 3.05) is 0 Å². The number of halogens is 6. The van der Waals surface area contributed by atoms with Crippen molar-refractivity contribution in [3.63, 3.8) is 0 Å². The Kier molecular flexibility index (Phi) is 16.8. The predicted molar refractivity (Wildman–Crippen MR) is 99.6 cm³/mol. The van der Waals surface area contributed by atoms with Crippen molar-refractivity contribution >= 4 is 20.2 Å². The van der Waals surface area contributed by atoms with Gasteiger partial charge in [-0.1, -0.05) is 53.4 Å². The second-order valence-electron chi connectivity index (χ2n) is 7.89. The van der Waals surface area contributed by atoms with Crippen LogP contribution < -0.4 is 0 Å². The maximum Gasteiger partial charge on any atom is 2.00 e. The van der Waals surface area contributed by atoms with E-state index in [1.807, 2.05) is 0 Å². The van der Waals surface area contributed by atoms with Gasteiger partial charge in [-0.2, -0.15) is 43.2 Å². The zero-order valence-corrected chi connectivity index (χ0v) is 21.8. The summed E-state index contributed by atoms with van der Waals surface area (Å²) in [6.45, 7) is 9.40. The molecule has 0 saturated heterocycles. The Bertz CT molecular complexity index is 618. The topological polar surface area (TPSA) is 109 Å². The van der Waals surface area contributed by atoms with Gasteiger partial charge in [0.15, 0.2) is 0 Å². The van der Waals surface area contributed by atoms with Gasteiger partial charge < -0.3 is 0 Å². The molecule has 6 nitrogen and oxygen atoms in total. The summed E-state index contributed by atoms with van der Waals surface area (Å²) in [5.74, 6) is 4.09. The molecule has 0 radical (unpaired) electrons. The summed E-state index contributed by atoms with van der Waals surface area (Å²) in [5.41, 5.74) is -11.1. The van der Waals surface area contributed by atoms with Gasteiger partial charge in [-0.3, -0.25) is 9.11 Å². The summed E-state index contributed by atoms with van der Waals surface area (Å²) in [4.78, 5) is 0. The molecule has 0 aliphatic heterocycles. The van der Waals surface area contributed by atoms with E-state index in [0.29, 0.717) is 0 Å². The van der Waals surface area contributed by atoms with E-state index in [-0.39, 0.29) is 26.2 Å². The molecule has 4 atom stereocenters. The minimum Gasteiger partial charge on any atom is -0.279 e. The van der Waals surface area contributed by atoms with Gasteiger partial charge >= 0.3 is 57.5 Å². The normalized spacial score (nSPS) is 26.2. The molecule has 2 N–H and O–H groups in total.